The van der Waals surface area contributed by atoms with Crippen LogP contribution in [0.25, 0.3) is 5.69 Å². The summed E-state index contributed by atoms with van der Waals surface area (Å²) >= 11 is 6.20. The topological polar surface area (TPSA) is 116 Å². The lowest BCUT2D eigenvalue weighted by molar-refractivity contribution is -0.384. The summed E-state index contributed by atoms with van der Waals surface area (Å²) in [6.45, 7) is 0. The minimum Gasteiger partial charge on any atom is -0.469 e. The Morgan fingerprint density at radius 3 is 2.70 bits per heavy atom. The van der Waals surface area contributed by atoms with E-state index in [4.69, 9.17) is 16.3 Å². The van der Waals surface area contributed by atoms with E-state index in [1.54, 1.807) is 0 Å². The molecular weight excluding hydrogens is 376 g/mol. The molecule has 0 aliphatic heterocycles. The summed E-state index contributed by atoms with van der Waals surface area (Å²) in [5.74, 6) is -0.406. The highest BCUT2D eigenvalue weighted by atomic mass is 35.5. The number of nitro benzene ring substituents is 1. The zero-order chi connectivity index (χ0) is 19.6. The molecule has 3 rings (SSSR count). The fourth-order valence-electron chi connectivity index (χ4n) is 3.15. The van der Waals surface area contributed by atoms with Gasteiger partial charge in [0.1, 0.15) is 5.02 Å². The molecule has 0 spiro atoms. The van der Waals surface area contributed by atoms with Crippen LogP contribution in [0.5, 0.6) is 0 Å². The van der Waals surface area contributed by atoms with Crippen LogP contribution in [0.3, 0.4) is 0 Å². The molecule has 27 heavy (non-hydrogen) atoms. The number of rotatable bonds is 5. The Bertz CT molecular complexity index is 928. The maximum absolute atomic E-state index is 12.5. The molecular formula is C17H17ClN4O5. The first-order valence-electron chi connectivity index (χ1n) is 8.27. The third-order valence-corrected chi connectivity index (χ3v) is 4.92. The SMILES string of the molecule is COC(=O)[C@H]1CC[C@@H](Nc2cnn(-c3ccc([N+](=O)[O-])cc3)c(=O)c2Cl)C1. The van der Waals surface area contributed by atoms with E-state index in [0.717, 1.165) is 11.1 Å². The van der Waals surface area contributed by atoms with E-state index in [0.29, 0.717) is 24.2 Å². The number of carbonyl (C=O) groups excluding carboxylic acids is 1. The van der Waals surface area contributed by atoms with Crippen LogP contribution >= 0.6 is 11.6 Å². The molecule has 10 heteroatoms. The van der Waals surface area contributed by atoms with Crippen molar-refractivity contribution in [3.8, 4) is 5.69 Å². The molecule has 0 radical (unpaired) electrons. The second-order valence-corrected chi connectivity index (χ2v) is 6.62. The van der Waals surface area contributed by atoms with Gasteiger partial charge in [0.25, 0.3) is 11.2 Å². The fraction of sp³-hybridized carbons (Fsp3) is 0.353. The summed E-state index contributed by atoms with van der Waals surface area (Å²) in [5.41, 5.74) is 0.122. The number of benzene rings is 1. The van der Waals surface area contributed by atoms with Gasteiger partial charge in [0.15, 0.2) is 0 Å². The first-order valence-corrected chi connectivity index (χ1v) is 8.65. The molecule has 1 aliphatic rings. The van der Waals surface area contributed by atoms with Crippen molar-refractivity contribution < 1.29 is 14.5 Å². The van der Waals surface area contributed by atoms with Gasteiger partial charge in [-0.15, -0.1) is 0 Å². The van der Waals surface area contributed by atoms with Crippen LogP contribution in [0.1, 0.15) is 19.3 Å². The quantitative estimate of drug-likeness (QED) is 0.472. The fourth-order valence-corrected chi connectivity index (χ4v) is 3.33. The Balaban J connectivity index is 1.78. The van der Waals surface area contributed by atoms with Crippen molar-refractivity contribution in [3.63, 3.8) is 0 Å². The third-order valence-electron chi connectivity index (χ3n) is 4.55. The number of non-ortho nitro benzene ring substituents is 1. The van der Waals surface area contributed by atoms with Crippen LogP contribution in [0, 0.1) is 16.0 Å². The lowest BCUT2D eigenvalue weighted by atomic mass is 10.1. The van der Waals surface area contributed by atoms with Crippen molar-refractivity contribution in [3.05, 3.63) is 56.0 Å². The van der Waals surface area contributed by atoms with Gasteiger partial charge in [-0.25, -0.2) is 0 Å². The minimum atomic E-state index is -0.543. The summed E-state index contributed by atoms with van der Waals surface area (Å²) in [7, 11) is 1.36. The molecule has 0 bridgehead atoms. The lowest BCUT2D eigenvalue weighted by Gasteiger charge is -2.15. The smallest absolute Gasteiger partial charge is 0.308 e. The molecule has 1 fully saturated rings. The predicted octanol–water partition coefficient (Wildman–Crippen LogP) is 2.55. The van der Waals surface area contributed by atoms with Gasteiger partial charge in [-0.05, 0) is 31.4 Å². The van der Waals surface area contributed by atoms with Gasteiger partial charge in [-0.3, -0.25) is 19.7 Å². The van der Waals surface area contributed by atoms with E-state index in [2.05, 4.69) is 10.4 Å². The molecule has 0 saturated heterocycles. The normalized spacial score (nSPS) is 18.9. The number of methoxy groups -OCH3 is 1. The van der Waals surface area contributed by atoms with Gasteiger partial charge in [-0.2, -0.15) is 9.78 Å². The molecule has 2 atom stereocenters. The van der Waals surface area contributed by atoms with Crippen molar-refractivity contribution in [1.29, 1.82) is 0 Å². The molecule has 1 heterocycles. The molecule has 0 amide bonds. The highest BCUT2D eigenvalue weighted by Crippen LogP contribution is 2.30. The van der Waals surface area contributed by atoms with Gasteiger partial charge in [0, 0.05) is 18.2 Å². The molecule has 142 valence electrons. The number of ether oxygens (including phenoxy) is 1. The number of esters is 1. The van der Waals surface area contributed by atoms with Crippen LogP contribution in [-0.2, 0) is 9.53 Å². The summed E-state index contributed by atoms with van der Waals surface area (Å²) in [6.07, 6.45) is 3.47. The van der Waals surface area contributed by atoms with Crippen molar-refractivity contribution >= 4 is 28.9 Å². The van der Waals surface area contributed by atoms with Gasteiger partial charge in [-0.1, -0.05) is 11.6 Å². The average molecular weight is 393 g/mol. The number of halogens is 1. The Hall–Kier alpha value is -2.94. The van der Waals surface area contributed by atoms with Crippen LogP contribution in [0.15, 0.2) is 35.3 Å². The molecule has 0 unspecified atom stereocenters. The lowest BCUT2D eigenvalue weighted by Crippen LogP contribution is -2.25. The number of hydrogen-bond donors (Lipinski definition) is 1. The van der Waals surface area contributed by atoms with Gasteiger partial charge >= 0.3 is 5.97 Å². The first-order chi connectivity index (χ1) is 12.9. The van der Waals surface area contributed by atoms with Crippen molar-refractivity contribution in [2.75, 3.05) is 12.4 Å². The molecule has 1 aromatic heterocycles. The number of hydrogen-bond acceptors (Lipinski definition) is 7. The summed E-state index contributed by atoms with van der Waals surface area (Å²) in [4.78, 5) is 34.3. The maximum atomic E-state index is 12.5. The molecule has 1 N–H and O–H groups in total. The number of nitrogens with zero attached hydrogens (tertiary/aromatic N) is 3. The van der Waals surface area contributed by atoms with Gasteiger partial charge in [0.2, 0.25) is 0 Å². The van der Waals surface area contributed by atoms with Gasteiger partial charge in [0.05, 0.1) is 35.5 Å². The summed E-state index contributed by atoms with van der Waals surface area (Å²) in [5, 5.41) is 17.9. The first kappa shape index (κ1) is 18.8. The van der Waals surface area contributed by atoms with Crippen molar-refractivity contribution in [2.45, 2.75) is 25.3 Å². The average Bonchev–Trinajstić information content (AvgIpc) is 3.14. The van der Waals surface area contributed by atoms with Crippen LogP contribution < -0.4 is 10.9 Å². The van der Waals surface area contributed by atoms with Crippen LogP contribution in [-0.4, -0.2) is 33.8 Å². The number of nitrogens with one attached hydrogen (secondary N) is 1. The second kappa shape index (κ2) is 7.75. The largest absolute Gasteiger partial charge is 0.469 e. The molecule has 1 saturated carbocycles. The van der Waals surface area contributed by atoms with E-state index in [-0.39, 0.29) is 28.6 Å². The Kier molecular flexibility index (Phi) is 5.41. The highest BCUT2D eigenvalue weighted by Gasteiger charge is 2.31. The van der Waals surface area contributed by atoms with E-state index >= 15 is 0 Å². The monoisotopic (exact) mass is 392 g/mol. The predicted molar refractivity (Wildman–Crippen MR) is 98.3 cm³/mol. The standard InChI is InChI=1S/C17H17ClN4O5/c1-27-17(24)10-2-3-11(8-10)20-14-9-19-21(16(23)15(14)18)12-4-6-13(7-5-12)22(25)26/h4-7,9-11,20H,2-3,8H2,1H3/t10-,11+/m0/s1. The van der Waals surface area contributed by atoms with E-state index in [1.165, 1.54) is 37.6 Å². The van der Waals surface area contributed by atoms with Crippen molar-refractivity contribution in [2.24, 2.45) is 5.92 Å². The number of anilines is 1. The number of carbonyl (C=O) groups is 1. The minimum absolute atomic E-state index is 0.0111. The zero-order valence-corrected chi connectivity index (χ0v) is 15.2. The molecule has 1 aliphatic carbocycles. The molecule has 9 nitrogen and oxygen atoms in total. The molecule has 1 aromatic carbocycles. The summed E-state index contributed by atoms with van der Waals surface area (Å²) in [6, 6.07) is 5.41. The molecule has 2 aromatic rings. The Morgan fingerprint density at radius 2 is 2.07 bits per heavy atom. The Labute approximate surface area is 159 Å². The van der Waals surface area contributed by atoms with E-state index < -0.39 is 10.5 Å². The van der Waals surface area contributed by atoms with E-state index in [9.17, 15) is 19.7 Å². The second-order valence-electron chi connectivity index (χ2n) is 6.24. The zero-order valence-electron chi connectivity index (χ0n) is 14.4. The number of nitro groups is 1. The third kappa shape index (κ3) is 3.92. The number of aromatic nitrogens is 2. The van der Waals surface area contributed by atoms with Crippen LogP contribution in [0.2, 0.25) is 5.02 Å². The van der Waals surface area contributed by atoms with Crippen molar-refractivity contribution in [1.82, 2.24) is 9.78 Å². The van der Waals surface area contributed by atoms with E-state index in [1.807, 2.05) is 0 Å². The Morgan fingerprint density at radius 1 is 1.37 bits per heavy atom. The van der Waals surface area contributed by atoms with Crippen LogP contribution in [0.4, 0.5) is 11.4 Å². The summed E-state index contributed by atoms with van der Waals surface area (Å²) < 4.78 is 5.84. The maximum Gasteiger partial charge on any atom is 0.308 e. The highest BCUT2D eigenvalue weighted by molar-refractivity contribution is 6.33. The van der Waals surface area contributed by atoms with Gasteiger partial charge < -0.3 is 10.1 Å².